The van der Waals surface area contributed by atoms with Gasteiger partial charge in [0.25, 0.3) is 0 Å². The molecule has 1 aliphatic rings. The molecule has 2 N–H and O–H groups in total. The number of para-hydroxylation sites is 2. The van der Waals surface area contributed by atoms with Crippen LogP contribution in [0.15, 0.2) is 47.8 Å². The maximum absolute atomic E-state index is 3.38. The molecule has 1 aromatic rings. The molecular formula is C12H14N2. The number of hydrogen-bond acceptors (Lipinski definition) is 2. The van der Waals surface area contributed by atoms with E-state index in [1.807, 2.05) is 26.0 Å². The molecule has 2 heteroatoms. The van der Waals surface area contributed by atoms with Crippen molar-refractivity contribution in [2.75, 3.05) is 10.6 Å². The highest BCUT2D eigenvalue weighted by molar-refractivity contribution is 5.78. The quantitative estimate of drug-likeness (QED) is 0.649. The molecule has 0 amide bonds. The van der Waals surface area contributed by atoms with E-state index in [0.717, 1.165) is 22.8 Å². The molecule has 0 radical (unpaired) electrons. The molecule has 0 bridgehead atoms. The standard InChI is InChI=1S/C12H14N2/c1-3-9-10(4-2)14-12-8-6-5-7-11(12)13-9/h3-8,13-14H,1-2H3. The summed E-state index contributed by atoms with van der Waals surface area (Å²) in [7, 11) is 0. The molecule has 1 aliphatic heterocycles. The third-order valence-electron chi connectivity index (χ3n) is 2.33. The van der Waals surface area contributed by atoms with Gasteiger partial charge >= 0.3 is 0 Å². The van der Waals surface area contributed by atoms with Crippen LogP contribution in [0, 0.1) is 0 Å². The topological polar surface area (TPSA) is 24.1 Å². The number of anilines is 2. The second-order valence-corrected chi connectivity index (χ2v) is 3.20. The molecule has 2 rings (SSSR count). The predicted molar refractivity (Wildman–Crippen MR) is 61.2 cm³/mol. The average molecular weight is 186 g/mol. The van der Waals surface area contributed by atoms with Crippen molar-refractivity contribution in [2.45, 2.75) is 13.8 Å². The first-order valence-corrected chi connectivity index (χ1v) is 4.81. The van der Waals surface area contributed by atoms with Crippen LogP contribution in [0.4, 0.5) is 11.4 Å². The Labute approximate surface area is 84.3 Å². The van der Waals surface area contributed by atoms with Crippen molar-refractivity contribution in [3.63, 3.8) is 0 Å². The second-order valence-electron chi connectivity index (χ2n) is 3.20. The number of allylic oxidation sites excluding steroid dienone is 2. The van der Waals surface area contributed by atoms with E-state index in [-0.39, 0.29) is 0 Å². The number of benzene rings is 1. The van der Waals surface area contributed by atoms with E-state index >= 15 is 0 Å². The zero-order valence-electron chi connectivity index (χ0n) is 8.46. The van der Waals surface area contributed by atoms with Crippen LogP contribution in [-0.2, 0) is 0 Å². The molecule has 1 aromatic carbocycles. The summed E-state index contributed by atoms with van der Waals surface area (Å²) in [5.41, 5.74) is 4.52. The molecule has 0 atom stereocenters. The summed E-state index contributed by atoms with van der Waals surface area (Å²) in [4.78, 5) is 0. The molecule has 0 fully saturated rings. The number of fused-ring (bicyclic) bond motifs is 1. The monoisotopic (exact) mass is 186 g/mol. The van der Waals surface area contributed by atoms with Crippen molar-refractivity contribution in [2.24, 2.45) is 0 Å². The van der Waals surface area contributed by atoms with Crippen LogP contribution in [0.5, 0.6) is 0 Å². The molecule has 0 spiro atoms. The highest BCUT2D eigenvalue weighted by atomic mass is 15.1. The van der Waals surface area contributed by atoms with Gasteiger partial charge in [-0.25, -0.2) is 0 Å². The first kappa shape index (κ1) is 8.88. The molecular weight excluding hydrogens is 172 g/mol. The van der Waals surface area contributed by atoms with Gasteiger partial charge in [-0.05, 0) is 26.0 Å². The molecule has 72 valence electrons. The first-order valence-electron chi connectivity index (χ1n) is 4.81. The Morgan fingerprint density at radius 2 is 1.29 bits per heavy atom. The van der Waals surface area contributed by atoms with Crippen molar-refractivity contribution in [1.82, 2.24) is 0 Å². The summed E-state index contributed by atoms with van der Waals surface area (Å²) in [5, 5.41) is 6.76. The lowest BCUT2D eigenvalue weighted by Crippen LogP contribution is -2.16. The minimum absolute atomic E-state index is 1.13. The van der Waals surface area contributed by atoms with E-state index in [1.165, 1.54) is 0 Å². The molecule has 0 aliphatic carbocycles. The van der Waals surface area contributed by atoms with Crippen LogP contribution in [0.3, 0.4) is 0 Å². The summed E-state index contributed by atoms with van der Waals surface area (Å²) in [6.07, 6.45) is 4.14. The lowest BCUT2D eigenvalue weighted by molar-refractivity contribution is 1.26. The Kier molecular flexibility index (Phi) is 2.27. The van der Waals surface area contributed by atoms with Gasteiger partial charge < -0.3 is 10.6 Å². The van der Waals surface area contributed by atoms with Crippen LogP contribution in [0.25, 0.3) is 0 Å². The highest BCUT2D eigenvalue weighted by Gasteiger charge is 2.13. The molecule has 0 saturated carbocycles. The third kappa shape index (κ3) is 1.39. The molecule has 0 unspecified atom stereocenters. The van der Waals surface area contributed by atoms with E-state index in [0.29, 0.717) is 0 Å². The fraction of sp³-hybridized carbons (Fsp3) is 0.167. The Balaban J connectivity index is 2.45. The van der Waals surface area contributed by atoms with Gasteiger partial charge in [0, 0.05) is 0 Å². The summed E-state index contributed by atoms with van der Waals surface area (Å²) in [6.45, 7) is 4.06. The van der Waals surface area contributed by atoms with E-state index in [9.17, 15) is 0 Å². The van der Waals surface area contributed by atoms with Crippen molar-refractivity contribution < 1.29 is 0 Å². The van der Waals surface area contributed by atoms with Gasteiger partial charge in [-0.15, -0.1) is 0 Å². The van der Waals surface area contributed by atoms with Gasteiger partial charge in [0.15, 0.2) is 0 Å². The SMILES string of the molecule is CC=C1Nc2ccccc2NC1=CC. The van der Waals surface area contributed by atoms with E-state index in [4.69, 9.17) is 0 Å². The molecule has 2 nitrogen and oxygen atoms in total. The van der Waals surface area contributed by atoms with Gasteiger partial charge in [-0.2, -0.15) is 0 Å². The number of hydrogen-bond donors (Lipinski definition) is 2. The number of rotatable bonds is 0. The molecule has 0 saturated heterocycles. The summed E-state index contributed by atoms with van der Waals surface area (Å²) in [6, 6.07) is 8.19. The first-order chi connectivity index (χ1) is 6.85. The normalized spacial score (nSPS) is 20.1. The zero-order chi connectivity index (χ0) is 9.97. The largest absolute Gasteiger partial charge is 0.352 e. The smallest absolute Gasteiger partial charge is 0.0624 e. The highest BCUT2D eigenvalue weighted by Crippen LogP contribution is 2.31. The zero-order valence-corrected chi connectivity index (χ0v) is 8.46. The van der Waals surface area contributed by atoms with E-state index < -0.39 is 0 Å². The van der Waals surface area contributed by atoms with Gasteiger partial charge in [-0.1, -0.05) is 24.3 Å². The summed E-state index contributed by atoms with van der Waals surface area (Å²) < 4.78 is 0. The van der Waals surface area contributed by atoms with Gasteiger partial charge in [0.1, 0.15) is 0 Å². The van der Waals surface area contributed by atoms with Crippen LogP contribution in [-0.4, -0.2) is 0 Å². The fourth-order valence-electron chi connectivity index (χ4n) is 1.58. The van der Waals surface area contributed by atoms with Crippen LogP contribution in [0.1, 0.15) is 13.8 Å². The lowest BCUT2D eigenvalue weighted by atomic mass is 10.1. The van der Waals surface area contributed by atoms with Crippen LogP contribution < -0.4 is 10.6 Å². The van der Waals surface area contributed by atoms with Gasteiger partial charge in [-0.3, -0.25) is 0 Å². The van der Waals surface area contributed by atoms with Gasteiger partial charge in [0.2, 0.25) is 0 Å². The third-order valence-corrected chi connectivity index (χ3v) is 2.33. The van der Waals surface area contributed by atoms with E-state index in [2.05, 4.69) is 34.9 Å². The van der Waals surface area contributed by atoms with Gasteiger partial charge in [0.05, 0.1) is 22.8 Å². The van der Waals surface area contributed by atoms with Crippen LogP contribution in [0.2, 0.25) is 0 Å². The average Bonchev–Trinajstić information content (AvgIpc) is 2.27. The van der Waals surface area contributed by atoms with Crippen molar-refractivity contribution >= 4 is 11.4 Å². The Morgan fingerprint density at radius 1 is 0.857 bits per heavy atom. The van der Waals surface area contributed by atoms with Crippen molar-refractivity contribution in [3.8, 4) is 0 Å². The Bertz CT molecular complexity index is 364. The van der Waals surface area contributed by atoms with Crippen molar-refractivity contribution in [3.05, 3.63) is 47.8 Å². The number of nitrogens with one attached hydrogen (secondary N) is 2. The van der Waals surface area contributed by atoms with Crippen LogP contribution >= 0.6 is 0 Å². The molecule has 14 heavy (non-hydrogen) atoms. The molecule has 0 aromatic heterocycles. The maximum atomic E-state index is 3.38. The second kappa shape index (κ2) is 3.58. The minimum Gasteiger partial charge on any atom is -0.352 e. The van der Waals surface area contributed by atoms with Crippen molar-refractivity contribution in [1.29, 1.82) is 0 Å². The molecule has 1 heterocycles. The maximum Gasteiger partial charge on any atom is 0.0624 e. The van der Waals surface area contributed by atoms with E-state index in [1.54, 1.807) is 0 Å². The Morgan fingerprint density at radius 3 is 1.64 bits per heavy atom. The minimum atomic E-state index is 1.13. The summed E-state index contributed by atoms with van der Waals surface area (Å²) >= 11 is 0. The lowest BCUT2D eigenvalue weighted by Gasteiger charge is -2.24. The fourth-order valence-corrected chi connectivity index (χ4v) is 1.58. The Hall–Kier alpha value is -1.70. The predicted octanol–water partition coefficient (Wildman–Crippen LogP) is 3.33. The summed E-state index contributed by atoms with van der Waals surface area (Å²) in [5.74, 6) is 0.